The van der Waals surface area contributed by atoms with E-state index in [1.807, 2.05) is 0 Å². The van der Waals surface area contributed by atoms with E-state index in [-0.39, 0.29) is 16.4 Å². The van der Waals surface area contributed by atoms with E-state index in [1.54, 1.807) is 18.2 Å². The zero-order chi connectivity index (χ0) is 10.6. The molecule has 78 valence electrons. The van der Waals surface area contributed by atoms with Crippen molar-refractivity contribution in [3.8, 4) is 0 Å². The molecule has 0 N–H and O–H groups in total. The van der Waals surface area contributed by atoms with Crippen LogP contribution >= 0.6 is 0 Å². The van der Waals surface area contributed by atoms with Crippen molar-refractivity contribution in [3.63, 3.8) is 0 Å². The van der Waals surface area contributed by atoms with E-state index in [0.29, 0.717) is 0 Å². The van der Waals surface area contributed by atoms with Crippen LogP contribution < -0.4 is 0 Å². The Morgan fingerprint density at radius 3 is 2.29 bits per heavy atom. The van der Waals surface area contributed by atoms with Crippen LogP contribution in [0.2, 0.25) is 0 Å². The summed E-state index contributed by atoms with van der Waals surface area (Å²) >= 11 is -2.31. The van der Waals surface area contributed by atoms with E-state index in [2.05, 4.69) is 0 Å². The van der Waals surface area contributed by atoms with E-state index in [0.717, 1.165) is 0 Å². The second kappa shape index (κ2) is 4.68. The fraction of sp³-hybridized carbons (Fsp3) is 0.250. The van der Waals surface area contributed by atoms with Gasteiger partial charge in [0, 0.05) is 5.75 Å². The first kappa shape index (κ1) is 11.4. The summed E-state index contributed by atoms with van der Waals surface area (Å²) < 4.78 is 43.4. The number of rotatable bonds is 4. The summed E-state index contributed by atoms with van der Waals surface area (Å²) in [6.45, 7) is 0. The lowest BCUT2D eigenvalue weighted by molar-refractivity contribution is 0.537. The summed E-state index contributed by atoms with van der Waals surface area (Å²) in [7, 11) is -3.45. The Hall–Kier alpha value is -0.720. The Morgan fingerprint density at radius 1 is 1.21 bits per heavy atom. The molecule has 0 saturated carbocycles. The van der Waals surface area contributed by atoms with Crippen LogP contribution in [0.3, 0.4) is 0 Å². The Bertz CT molecular complexity index is 410. The van der Waals surface area contributed by atoms with Gasteiger partial charge < -0.3 is 4.55 Å². The Labute approximate surface area is 85.2 Å². The molecule has 1 aromatic carbocycles. The minimum absolute atomic E-state index is 0.158. The maximum absolute atomic E-state index is 11.5. The molecule has 1 atom stereocenters. The zero-order valence-corrected chi connectivity index (χ0v) is 8.88. The van der Waals surface area contributed by atoms with E-state index in [1.165, 1.54) is 12.1 Å². The first-order valence-electron chi connectivity index (χ1n) is 3.86. The van der Waals surface area contributed by atoms with Crippen LogP contribution in [0.4, 0.5) is 0 Å². The Morgan fingerprint density at radius 2 is 1.79 bits per heavy atom. The molecule has 6 heteroatoms. The van der Waals surface area contributed by atoms with Gasteiger partial charge in [-0.1, -0.05) is 29.3 Å². The molecule has 0 aliphatic carbocycles. The Balaban J connectivity index is 2.82. The van der Waals surface area contributed by atoms with Gasteiger partial charge in [-0.05, 0) is 12.1 Å². The smallest absolute Gasteiger partial charge is 0.179 e. The highest BCUT2D eigenvalue weighted by Crippen LogP contribution is 2.09. The molecule has 0 bridgehead atoms. The Kier molecular flexibility index (Phi) is 3.79. The van der Waals surface area contributed by atoms with Crippen molar-refractivity contribution in [2.75, 3.05) is 11.5 Å². The molecular weight excluding hydrogens is 224 g/mol. The second-order valence-corrected chi connectivity index (χ2v) is 5.76. The van der Waals surface area contributed by atoms with E-state index >= 15 is 0 Å². The third-order valence-electron chi connectivity index (χ3n) is 1.62. The molecule has 0 aliphatic heterocycles. The van der Waals surface area contributed by atoms with Crippen molar-refractivity contribution in [2.45, 2.75) is 4.90 Å². The molecule has 0 aliphatic rings. The minimum atomic E-state index is -3.45. The maximum Gasteiger partial charge on any atom is 0.179 e. The molecule has 1 rings (SSSR count). The fourth-order valence-electron chi connectivity index (χ4n) is 0.923. The summed E-state index contributed by atoms with van der Waals surface area (Å²) in [6.07, 6.45) is 0. The van der Waals surface area contributed by atoms with Crippen molar-refractivity contribution in [1.82, 2.24) is 0 Å². The van der Waals surface area contributed by atoms with Crippen LogP contribution in [-0.2, 0) is 20.9 Å². The molecule has 0 saturated heterocycles. The molecule has 4 nitrogen and oxygen atoms in total. The summed E-state index contributed by atoms with van der Waals surface area (Å²) in [5.74, 6) is -0.732. The average molecular weight is 233 g/mol. The molecule has 0 aromatic heterocycles. The molecule has 1 unspecified atom stereocenters. The van der Waals surface area contributed by atoms with Gasteiger partial charge in [-0.15, -0.1) is 0 Å². The fourth-order valence-corrected chi connectivity index (χ4v) is 3.15. The van der Waals surface area contributed by atoms with Crippen molar-refractivity contribution in [1.29, 1.82) is 0 Å². The number of benzene rings is 1. The number of sulfone groups is 1. The SMILES string of the molecule is O=S([O-])CCS(=O)(=O)c1ccccc1. The molecule has 1 aromatic rings. The van der Waals surface area contributed by atoms with Gasteiger partial charge in [0.25, 0.3) is 0 Å². The standard InChI is InChI=1S/C8H10O4S2/c9-13(10)6-7-14(11,12)8-4-2-1-3-5-8/h1-5H,6-7H2,(H,9,10)/p-1. The molecule has 0 radical (unpaired) electrons. The lowest BCUT2D eigenvalue weighted by Gasteiger charge is -2.05. The molecule has 14 heavy (non-hydrogen) atoms. The molecule has 0 fully saturated rings. The van der Waals surface area contributed by atoms with Gasteiger partial charge in [0.05, 0.1) is 10.6 Å². The van der Waals surface area contributed by atoms with Crippen LogP contribution in [0, 0.1) is 0 Å². The van der Waals surface area contributed by atoms with E-state index in [9.17, 15) is 17.2 Å². The largest absolute Gasteiger partial charge is 0.772 e. The quantitative estimate of drug-likeness (QED) is 0.703. The second-order valence-electron chi connectivity index (χ2n) is 2.64. The molecule has 0 heterocycles. The first-order valence-corrected chi connectivity index (χ1v) is 6.76. The topological polar surface area (TPSA) is 74.3 Å². The minimum Gasteiger partial charge on any atom is -0.772 e. The summed E-state index contributed by atoms with van der Waals surface area (Å²) in [5.41, 5.74) is 0. The molecule has 0 spiro atoms. The number of hydrogen-bond acceptors (Lipinski definition) is 4. The van der Waals surface area contributed by atoms with Gasteiger partial charge in [0.15, 0.2) is 9.84 Å². The number of hydrogen-bond donors (Lipinski definition) is 0. The summed E-state index contributed by atoms with van der Waals surface area (Å²) in [4.78, 5) is 0.158. The van der Waals surface area contributed by atoms with Crippen LogP contribution in [0.5, 0.6) is 0 Å². The van der Waals surface area contributed by atoms with Crippen molar-refractivity contribution in [3.05, 3.63) is 30.3 Å². The lowest BCUT2D eigenvalue weighted by Crippen LogP contribution is -2.13. The normalized spacial score (nSPS) is 13.8. The predicted octanol–water partition coefficient (Wildman–Crippen LogP) is 0.339. The first-order chi connectivity index (χ1) is 6.52. The molecule has 0 amide bonds. The summed E-state index contributed by atoms with van der Waals surface area (Å²) in [6, 6.07) is 7.79. The third kappa shape index (κ3) is 3.21. The van der Waals surface area contributed by atoms with Gasteiger partial charge in [-0.3, -0.25) is 4.21 Å². The highest BCUT2D eigenvalue weighted by atomic mass is 32.2. The zero-order valence-electron chi connectivity index (χ0n) is 7.25. The van der Waals surface area contributed by atoms with Gasteiger partial charge in [0.1, 0.15) is 0 Å². The average Bonchev–Trinajstić information content (AvgIpc) is 2.16. The van der Waals surface area contributed by atoms with E-state index < -0.39 is 20.9 Å². The maximum atomic E-state index is 11.5. The summed E-state index contributed by atoms with van der Waals surface area (Å²) in [5, 5.41) is 0. The monoisotopic (exact) mass is 233 g/mol. The van der Waals surface area contributed by atoms with Gasteiger partial charge in [-0.2, -0.15) is 0 Å². The van der Waals surface area contributed by atoms with Crippen molar-refractivity contribution in [2.24, 2.45) is 0 Å². The predicted molar refractivity (Wildman–Crippen MR) is 52.3 cm³/mol. The lowest BCUT2D eigenvalue weighted by atomic mass is 10.4. The highest BCUT2D eigenvalue weighted by Gasteiger charge is 2.12. The van der Waals surface area contributed by atoms with Crippen LogP contribution in [-0.4, -0.2) is 28.7 Å². The van der Waals surface area contributed by atoms with Crippen molar-refractivity contribution < 1.29 is 17.2 Å². The van der Waals surface area contributed by atoms with Crippen LogP contribution in [0.25, 0.3) is 0 Å². The highest BCUT2D eigenvalue weighted by molar-refractivity contribution is 7.92. The van der Waals surface area contributed by atoms with Crippen LogP contribution in [0.15, 0.2) is 35.2 Å². The van der Waals surface area contributed by atoms with Gasteiger partial charge in [-0.25, -0.2) is 8.42 Å². The van der Waals surface area contributed by atoms with Gasteiger partial charge >= 0.3 is 0 Å². The van der Waals surface area contributed by atoms with Crippen LogP contribution in [0.1, 0.15) is 0 Å². The third-order valence-corrected chi connectivity index (χ3v) is 4.15. The van der Waals surface area contributed by atoms with Gasteiger partial charge in [0.2, 0.25) is 0 Å². The van der Waals surface area contributed by atoms with Crippen molar-refractivity contribution >= 4 is 20.9 Å². The molecular formula is C8H9O4S2-. The van der Waals surface area contributed by atoms with E-state index in [4.69, 9.17) is 0 Å².